The second-order valence-electron chi connectivity index (χ2n) is 4.61. The minimum Gasteiger partial charge on any atom is -0.342 e. The number of aromatic amines is 1. The van der Waals surface area contributed by atoms with Crippen LogP contribution in [0.25, 0.3) is 11.0 Å². The normalized spacial score (nSPS) is 11.5. The van der Waals surface area contributed by atoms with Crippen molar-refractivity contribution >= 4 is 11.0 Å². The van der Waals surface area contributed by atoms with E-state index < -0.39 is 0 Å². The van der Waals surface area contributed by atoms with Crippen molar-refractivity contribution in [2.24, 2.45) is 0 Å². The van der Waals surface area contributed by atoms with Gasteiger partial charge < -0.3 is 9.88 Å². The minimum atomic E-state index is 1.02. The van der Waals surface area contributed by atoms with Crippen LogP contribution < -0.4 is 0 Å². The van der Waals surface area contributed by atoms with E-state index in [2.05, 4.69) is 54.1 Å². The third-order valence-electron chi connectivity index (χ3n) is 2.71. The highest BCUT2D eigenvalue weighted by atomic mass is 15.0. The summed E-state index contributed by atoms with van der Waals surface area (Å²) in [6.45, 7) is 3.21. The molecule has 16 heavy (non-hydrogen) atoms. The van der Waals surface area contributed by atoms with Crippen LogP contribution in [-0.2, 0) is 6.42 Å². The lowest BCUT2D eigenvalue weighted by atomic mass is 10.2. The van der Waals surface area contributed by atoms with Gasteiger partial charge in [-0.25, -0.2) is 4.98 Å². The van der Waals surface area contributed by atoms with Gasteiger partial charge in [0, 0.05) is 6.42 Å². The SMILES string of the molecule is Cc1ccc2nc(CCCN(C)C)[nH]c2c1. The standard InChI is InChI=1S/C13H19N3/c1-10-6-7-11-12(9-10)15-13(14-11)5-4-8-16(2)3/h6-7,9H,4-5,8H2,1-3H3,(H,14,15). The number of benzene rings is 1. The molecule has 1 N–H and O–H groups in total. The lowest BCUT2D eigenvalue weighted by Crippen LogP contribution is -2.13. The van der Waals surface area contributed by atoms with Crippen molar-refractivity contribution < 1.29 is 0 Å². The van der Waals surface area contributed by atoms with E-state index in [1.54, 1.807) is 0 Å². The summed E-state index contributed by atoms with van der Waals surface area (Å²) in [6, 6.07) is 6.33. The topological polar surface area (TPSA) is 31.9 Å². The van der Waals surface area contributed by atoms with Gasteiger partial charge in [-0.2, -0.15) is 0 Å². The Bertz CT molecular complexity index is 471. The molecule has 0 aliphatic heterocycles. The van der Waals surface area contributed by atoms with Gasteiger partial charge in [0.2, 0.25) is 0 Å². The Kier molecular flexibility index (Phi) is 3.25. The molecule has 2 rings (SSSR count). The van der Waals surface area contributed by atoms with Crippen LogP contribution in [0.3, 0.4) is 0 Å². The molecule has 1 aromatic heterocycles. The second kappa shape index (κ2) is 4.66. The molecule has 0 spiro atoms. The van der Waals surface area contributed by atoms with Gasteiger partial charge >= 0.3 is 0 Å². The van der Waals surface area contributed by atoms with Gasteiger partial charge in [-0.15, -0.1) is 0 Å². The molecule has 1 heterocycles. The summed E-state index contributed by atoms with van der Waals surface area (Å²) in [5.41, 5.74) is 3.50. The first kappa shape index (κ1) is 11.1. The molecule has 0 aliphatic rings. The molecule has 0 atom stereocenters. The third kappa shape index (κ3) is 2.61. The predicted octanol–water partition coefficient (Wildman–Crippen LogP) is 2.37. The summed E-state index contributed by atoms with van der Waals surface area (Å²) in [7, 11) is 4.20. The van der Waals surface area contributed by atoms with Crippen molar-refractivity contribution in [3.8, 4) is 0 Å². The highest BCUT2D eigenvalue weighted by Crippen LogP contribution is 2.13. The van der Waals surface area contributed by atoms with Gasteiger partial charge in [0.25, 0.3) is 0 Å². The van der Waals surface area contributed by atoms with Crippen molar-refractivity contribution in [1.29, 1.82) is 0 Å². The lowest BCUT2D eigenvalue weighted by molar-refractivity contribution is 0.399. The third-order valence-corrected chi connectivity index (χ3v) is 2.71. The van der Waals surface area contributed by atoms with E-state index in [1.807, 2.05) is 0 Å². The van der Waals surface area contributed by atoms with Crippen LogP contribution in [0.2, 0.25) is 0 Å². The quantitative estimate of drug-likeness (QED) is 0.852. The van der Waals surface area contributed by atoms with Crippen molar-refractivity contribution in [2.75, 3.05) is 20.6 Å². The van der Waals surface area contributed by atoms with Crippen molar-refractivity contribution in [2.45, 2.75) is 19.8 Å². The molecule has 0 fully saturated rings. The predicted molar refractivity (Wildman–Crippen MR) is 67.7 cm³/mol. The van der Waals surface area contributed by atoms with E-state index in [-0.39, 0.29) is 0 Å². The molecule has 0 radical (unpaired) electrons. The number of aromatic nitrogens is 2. The Morgan fingerprint density at radius 2 is 2.12 bits per heavy atom. The smallest absolute Gasteiger partial charge is 0.107 e. The number of fused-ring (bicyclic) bond motifs is 1. The van der Waals surface area contributed by atoms with E-state index in [0.29, 0.717) is 0 Å². The van der Waals surface area contributed by atoms with Gasteiger partial charge in [-0.05, 0) is 51.7 Å². The fourth-order valence-electron chi connectivity index (χ4n) is 1.86. The van der Waals surface area contributed by atoms with Crippen molar-refractivity contribution in [1.82, 2.24) is 14.9 Å². The second-order valence-corrected chi connectivity index (χ2v) is 4.61. The molecule has 0 unspecified atom stereocenters. The summed E-state index contributed by atoms with van der Waals surface area (Å²) >= 11 is 0. The average molecular weight is 217 g/mol. The molecule has 0 saturated heterocycles. The van der Waals surface area contributed by atoms with Gasteiger partial charge in [0.05, 0.1) is 11.0 Å². The fraction of sp³-hybridized carbons (Fsp3) is 0.462. The first-order valence-corrected chi connectivity index (χ1v) is 5.75. The van der Waals surface area contributed by atoms with Crippen molar-refractivity contribution in [3.05, 3.63) is 29.6 Å². The summed E-state index contributed by atoms with van der Waals surface area (Å²) < 4.78 is 0. The zero-order chi connectivity index (χ0) is 11.5. The van der Waals surface area contributed by atoms with E-state index in [0.717, 1.165) is 36.2 Å². The molecule has 86 valence electrons. The number of nitrogens with one attached hydrogen (secondary N) is 1. The van der Waals surface area contributed by atoms with Gasteiger partial charge in [0.15, 0.2) is 0 Å². The molecular formula is C13H19N3. The zero-order valence-corrected chi connectivity index (χ0v) is 10.2. The number of H-pyrrole nitrogens is 1. The van der Waals surface area contributed by atoms with Crippen molar-refractivity contribution in [3.63, 3.8) is 0 Å². The van der Waals surface area contributed by atoms with E-state index >= 15 is 0 Å². The number of rotatable bonds is 4. The number of nitrogens with zero attached hydrogens (tertiary/aromatic N) is 2. The number of hydrogen-bond donors (Lipinski definition) is 1. The number of hydrogen-bond acceptors (Lipinski definition) is 2. The van der Waals surface area contributed by atoms with Crippen LogP contribution in [0.5, 0.6) is 0 Å². The molecule has 0 aliphatic carbocycles. The Hall–Kier alpha value is -1.35. The maximum absolute atomic E-state index is 4.58. The Labute approximate surface area is 96.5 Å². The first-order valence-electron chi connectivity index (χ1n) is 5.75. The Balaban J connectivity index is 2.08. The Morgan fingerprint density at radius 1 is 1.31 bits per heavy atom. The molecule has 0 saturated carbocycles. The first-order chi connectivity index (χ1) is 7.65. The summed E-state index contributed by atoms with van der Waals surface area (Å²) in [4.78, 5) is 10.2. The lowest BCUT2D eigenvalue weighted by Gasteiger charge is -2.07. The molecule has 0 bridgehead atoms. The van der Waals surface area contributed by atoms with Crippen LogP contribution in [0.1, 0.15) is 17.8 Å². The monoisotopic (exact) mass is 217 g/mol. The van der Waals surface area contributed by atoms with Gasteiger partial charge in [-0.1, -0.05) is 6.07 Å². The van der Waals surface area contributed by atoms with Crippen LogP contribution in [-0.4, -0.2) is 35.5 Å². The van der Waals surface area contributed by atoms with Crippen LogP contribution in [0.4, 0.5) is 0 Å². The fourth-order valence-corrected chi connectivity index (χ4v) is 1.86. The molecule has 3 nitrogen and oxygen atoms in total. The van der Waals surface area contributed by atoms with E-state index in [9.17, 15) is 0 Å². The van der Waals surface area contributed by atoms with E-state index in [1.165, 1.54) is 5.56 Å². The van der Waals surface area contributed by atoms with Gasteiger partial charge in [-0.3, -0.25) is 0 Å². The molecular weight excluding hydrogens is 198 g/mol. The van der Waals surface area contributed by atoms with E-state index in [4.69, 9.17) is 0 Å². The minimum absolute atomic E-state index is 1.02. The molecule has 3 heteroatoms. The highest BCUT2D eigenvalue weighted by molar-refractivity contribution is 5.75. The maximum Gasteiger partial charge on any atom is 0.107 e. The van der Waals surface area contributed by atoms with Gasteiger partial charge in [0.1, 0.15) is 5.82 Å². The summed E-state index contributed by atoms with van der Waals surface area (Å²) in [5.74, 6) is 1.10. The molecule has 1 aromatic carbocycles. The largest absolute Gasteiger partial charge is 0.342 e. The Morgan fingerprint density at radius 3 is 2.88 bits per heavy atom. The summed E-state index contributed by atoms with van der Waals surface area (Å²) in [5, 5.41) is 0. The van der Waals surface area contributed by atoms with Crippen LogP contribution in [0.15, 0.2) is 18.2 Å². The summed E-state index contributed by atoms with van der Waals surface area (Å²) in [6.07, 6.45) is 2.16. The van der Waals surface area contributed by atoms with Crippen LogP contribution in [0, 0.1) is 6.92 Å². The highest BCUT2D eigenvalue weighted by Gasteiger charge is 2.02. The molecule has 0 amide bonds. The number of imidazole rings is 1. The number of aryl methyl sites for hydroxylation is 2. The average Bonchev–Trinajstić information content (AvgIpc) is 2.58. The molecule has 2 aromatic rings. The maximum atomic E-state index is 4.58. The zero-order valence-electron chi connectivity index (χ0n) is 10.2. The van der Waals surface area contributed by atoms with Crippen LogP contribution >= 0.6 is 0 Å².